The Hall–Kier alpha value is -1.09. The fraction of sp³-hybridized carbons (Fsp3) is 0.375. The van der Waals surface area contributed by atoms with Gasteiger partial charge in [0.1, 0.15) is 0 Å². The highest BCUT2D eigenvalue weighted by molar-refractivity contribution is 6.31. The molecule has 3 heteroatoms. The number of aliphatic hydroxyl groups excluding tert-OH is 1. The van der Waals surface area contributed by atoms with Crippen LogP contribution in [-0.4, -0.2) is 17.7 Å². The van der Waals surface area contributed by atoms with Crippen molar-refractivity contribution in [3.8, 4) is 0 Å². The van der Waals surface area contributed by atoms with Crippen LogP contribution in [0.25, 0.3) is 10.8 Å². The summed E-state index contributed by atoms with van der Waals surface area (Å²) in [5, 5.41) is 16.9. The number of piperidine rings is 1. The highest BCUT2D eigenvalue weighted by Crippen LogP contribution is 2.30. The van der Waals surface area contributed by atoms with Crippen LogP contribution in [0.1, 0.15) is 30.9 Å². The van der Waals surface area contributed by atoms with Crippen molar-refractivity contribution in [1.82, 2.24) is 5.32 Å². The van der Waals surface area contributed by atoms with Gasteiger partial charge in [-0.25, -0.2) is 0 Å². The standard InChI is InChI=1S/C16H18ClNO/c17-12-7-8-13-11(10-12)4-3-5-14(13)16(19)15-6-1-2-9-18-15/h3-5,7-8,10,15-16,18-19H,1-2,6,9H2/t15-,16+/m1/s1. The maximum absolute atomic E-state index is 10.6. The molecule has 19 heavy (non-hydrogen) atoms. The number of rotatable bonds is 2. The lowest BCUT2D eigenvalue weighted by molar-refractivity contribution is 0.115. The molecule has 1 saturated heterocycles. The Morgan fingerprint density at radius 2 is 2.11 bits per heavy atom. The van der Waals surface area contributed by atoms with Gasteiger partial charge in [-0.1, -0.05) is 42.3 Å². The van der Waals surface area contributed by atoms with E-state index in [2.05, 4.69) is 5.32 Å². The summed E-state index contributed by atoms with van der Waals surface area (Å²) >= 11 is 6.02. The summed E-state index contributed by atoms with van der Waals surface area (Å²) in [4.78, 5) is 0. The second-order valence-electron chi connectivity index (χ2n) is 5.21. The van der Waals surface area contributed by atoms with Gasteiger partial charge in [-0.15, -0.1) is 0 Å². The summed E-state index contributed by atoms with van der Waals surface area (Å²) in [6.07, 6.45) is 2.97. The minimum absolute atomic E-state index is 0.162. The third kappa shape index (κ3) is 2.62. The highest BCUT2D eigenvalue weighted by Gasteiger charge is 2.23. The van der Waals surface area contributed by atoms with Crippen LogP contribution < -0.4 is 5.32 Å². The molecule has 0 amide bonds. The SMILES string of the molecule is O[C@@H](c1cccc2cc(Cl)ccc12)[C@H]1CCCCN1. The van der Waals surface area contributed by atoms with E-state index in [1.807, 2.05) is 36.4 Å². The summed E-state index contributed by atoms with van der Waals surface area (Å²) in [6.45, 7) is 0.998. The van der Waals surface area contributed by atoms with Gasteiger partial charge in [0, 0.05) is 11.1 Å². The first-order chi connectivity index (χ1) is 9.25. The molecule has 0 aliphatic carbocycles. The Bertz CT molecular complexity index is 578. The van der Waals surface area contributed by atoms with Crippen LogP contribution >= 0.6 is 11.6 Å². The molecule has 3 rings (SSSR count). The van der Waals surface area contributed by atoms with Crippen LogP contribution in [0.4, 0.5) is 0 Å². The maximum atomic E-state index is 10.6. The predicted octanol–water partition coefficient (Wildman–Crippen LogP) is 3.67. The van der Waals surface area contributed by atoms with Crippen LogP contribution in [0, 0.1) is 0 Å². The van der Waals surface area contributed by atoms with Gasteiger partial charge < -0.3 is 10.4 Å². The highest BCUT2D eigenvalue weighted by atomic mass is 35.5. The van der Waals surface area contributed by atoms with Crippen molar-refractivity contribution >= 4 is 22.4 Å². The third-order valence-electron chi connectivity index (χ3n) is 3.92. The third-order valence-corrected chi connectivity index (χ3v) is 4.16. The van der Waals surface area contributed by atoms with Gasteiger partial charge in [0.15, 0.2) is 0 Å². The second kappa shape index (κ2) is 5.49. The van der Waals surface area contributed by atoms with Gasteiger partial charge >= 0.3 is 0 Å². The molecule has 2 atom stereocenters. The molecule has 1 aliphatic rings. The molecule has 100 valence electrons. The molecule has 1 heterocycles. The largest absolute Gasteiger partial charge is 0.387 e. The first-order valence-corrected chi connectivity index (χ1v) is 7.23. The van der Waals surface area contributed by atoms with Gasteiger partial charge in [0.05, 0.1) is 6.10 Å². The molecule has 2 N–H and O–H groups in total. The molecule has 0 spiro atoms. The van der Waals surface area contributed by atoms with Crippen molar-refractivity contribution in [3.63, 3.8) is 0 Å². The van der Waals surface area contributed by atoms with Crippen molar-refractivity contribution in [2.75, 3.05) is 6.54 Å². The summed E-state index contributed by atoms with van der Waals surface area (Å²) in [6, 6.07) is 12.0. The molecule has 2 nitrogen and oxygen atoms in total. The van der Waals surface area contributed by atoms with Gasteiger partial charge in [-0.3, -0.25) is 0 Å². The predicted molar refractivity (Wildman–Crippen MR) is 79.6 cm³/mol. The van der Waals surface area contributed by atoms with E-state index in [-0.39, 0.29) is 6.04 Å². The van der Waals surface area contributed by atoms with Crippen molar-refractivity contribution in [3.05, 3.63) is 47.0 Å². The number of fused-ring (bicyclic) bond motifs is 1. The Balaban J connectivity index is 1.99. The Morgan fingerprint density at radius 3 is 2.89 bits per heavy atom. The molecule has 0 saturated carbocycles. The number of benzene rings is 2. The lowest BCUT2D eigenvalue weighted by Gasteiger charge is -2.29. The average molecular weight is 276 g/mol. The summed E-state index contributed by atoms with van der Waals surface area (Å²) < 4.78 is 0. The second-order valence-corrected chi connectivity index (χ2v) is 5.65. The smallest absolute Gasteiger partial charge is 0.0948 e. The summed E-state index contributed by atoms with van der Waals surface area (Å²) in [5.74, 6) is 0. The Labute approximate surface area is 118 Å². The average Bonchev–Trinajstić information content (AvgIpc) is 2.46. The first-order valence-electron chi connectivity index (χ1n) is 6.85. The molecule has 1 aliphatic heterocycles. The fourth-order valence-corrected chi connectivity index (χ4v) is 3.08. The number of aliphatic hydroxyl groups is 1. The summed E-state index contributed by atoms with van der Waals surface area (Å²) in [7, 11) is 0. The van der Waals surface area contributed by atoms with Crippen LogP contribution in [0.2, 0.25) is 5.02 Å². The maximum Gasteiger partial charge on any atom is 0.0948 e. The lowest BCUT2D eigenvalue weighted by atomic mass is 9.92. The van der Waals surface area contributed by atoms with E-state index in [0.29, 0.717) is 0 Å². The number of nitrogens with one attached hydrogen (secondary N) is 1. The van der Waals surface area contributed by atoms with Gasteiger partial charge in [-0.2, -0.15) is 0 Å². The lowest BCUT2D eigenvalue weighted by Crippen LogP contribution is -2.38. The van der Waals surface area contributed by atoms with E-state index in [0.717, 1.165) is 34.3 Å². The normalized spacial score (nSPS) is 21.5. The minimum atomic E-state index is -0.454. The van der Waals surface area contributed by atoms with Crippen molar-refractivity contribution in [2.24, 2.45) is 0 Å². The summed E-state index contributed by atoms with van der Waals surface area (Å²) in [5.41, 5.74) is 0.994. The van der Waals surface area contributed by atoms with Crippen molar-refractivity contribution in [1.29, 1.82) is 0 Å². The molecule has 1 fully saturated rings. The molecular weight excluding hydrogens is 258 g/mol. The van der Waals surface area contributed by atoms with E-state index in [1.165, 1.54) is 12.8 Å². The van der Waals surface area contributed by atoms with E-state index >= 15 is 0 Å². The molecule has 2 aromatic carbocycles. The molecule has 0 bridgehead atoms. The van der Waals surface area contributed by atoms with Crippen molar-refractivity contribution < 1.29 is 5.11 Å². The van der Waals surface area contributed by atoms with Gasteiger partial charge in [-0.05, 0) is 47.9 Å². The molecular formula is C16H18ClNO. The Kier molecular flexibility index (Phi) is 3.74. The quantitative estimate of drug-likeness (QED) is 0.876. The topological polar surface area (TPSA) is 32.3 Å². The monoisotopic (exact) mass is 275 g/mol. The van der Waals surface area contributed by atoms with E-state index in [9.17, 15) is 5.11 Å². The van der Waals surface area contributed by atoms with Crippen LogP contribution in [0.3, 0.4) is 0 Å². The molecule has 0 unspecified atom stereocenters. The zero-order valence-electron chi connectivity index (χ0n) is 10.8. The zero-order chi connectivity index (χ0) is 13.2. The van der Waals surface area contributed by atoms with E-state index in [1.54, 1.807) is 0 Å². The van der Waals surface area contributed by atoms with Crippen LogP contribution in [-0.2, 0) is 0 Å². The van der Waals surface area contributed by atoms with Crippen molar-refractivity contribution in [2.45, 2.75) is 31.4 Å². The minimum Gasteiger partial charge on any atom is -0.387 e. The van der Waals surface area contributed by atoms with Crippen LogP contribution in [0.15, 0.2) is 36.4 Å². The van der Waals surface area contributed by atoms with E-state index < -0.39 is 6.10 Å². The van der Waals surface area contributed by atoms with Gasteiger partial charge in [0.2, 0.25) is 0 Å². The first kappa shape index (κ1) is 12.9. The number of hydrogen-bond donors (Lipinski definition) is 2. The molecule has 0 radical (unpaired) electrons. The van der Waals surface area contributed by atoms with Gasteiger partial charge in [0.25, 0.3) is 0 Å². The number of halogens is 1. The number of hydrogen-bond acceptors (Lipinski definition) is 2. The Morgan fingerprint density at radius 1 is 1.21 bits per heavy atom. The zero-order valence-corrected chi connectivity index (χ0v) is 11.5. The molecule has 0 aromatic heterocycles. The molecule has 2 aromatic rings. The van der Waals surface area contributed by atoms with E-state index in [4.69, 9.17) is 11.6 Å². The van der Waals surface area contributed by atoms with Crippen LogP contribution in [0.5, 0.6) is 0 Å². The fourth-order valence-electron chi connectivity index (χ4n) is 2.90.